The zero-order chi connectivity index (χ0) is 41.9. The molecule has 5 rings (SSSR count). The van der Waals surface area contributed by atoms with Gasteiger partial charge in [0, 0.05) is 151 Å². The molecule has 4 aromatic rings. The summed E-state index contributed by atoms with van der Waals surface area (Å²) >= 11 is 0. The largest absolute Gasteiger partial charge is 0.489 e. The van der Waals surface area contributed by atoms with Gasteiger partial charge in [-0.1, -0.05) is 36.4 Å². The molecule has 0 saturated carbocycles. The van der Waals surface area contributed by atoms with E-state index in [0.717, 1.165) is 32.9 Å². The van der Waals surface area contributed by atoms with E-state index in [0.29, 0.717) is 37.2 Å². The van der Waals surface area contributed by atoms with E-state index in [-0.39, 0.29) is 121 Å². The topological polar surface area (TPSA) is 202 Å². The predicted molar refractivity (Wildman–Crippen MR) is 216 cm³/mol. The third-order valence-electron chi connectivity index (χ3n) is 10.4. The minimum atomic E-state index is -1.72. The first kappa shape index (κ1) is 48.2. The normalized spacial score (nSPS) is 15.4. The van der Waals surface area contributed by atoms with Gasteiger partial charge in [0.1, 0.15) is 0 Å². The molecule has 1 saturated heterocycles. The Morgan fingerprint density at radius 1 is 0.712 bits per heavy atom. The predicted octanol–water partition coefficient (Wildman–Crippen LogP) is -0.462. The number of carbonyl (C=O) groups excluding carboxylic acids is 1. The fourth-order valence-electron chi connectivity index (χ4n) is 7.33. The second-order valence-electron chi connectivity index (χ2n) is 14.6. The second kappa shape index (κ2) is 22.9. The molecule has 1 aliphatic heterocycles. The number of hydrogen-bond donors (Lipinski definition) is 5. The minimum Gasteiger partial charge on any atom is -0.480 e. The summed E-state index contributed by atoms with van der Waals surface area (Å²) in [6, 6.07) is 19.2. The molecule has 1 radical (unpaired) electrons. The van der Waals surface area contributed by atoms with Gasteiger partial charge in [-0.3, -0.25) is 38.8 Å². The van der Waals surface area contributed by atoms with Crippen molar-refractivity contribution in [2.75, 3.05) is 92.6 Å². The number of pyridine rings is 1. The molecule has 5 N–H and O–H groups in total. The van der Waals surface area contributed by atoms with Crippen molar-refractivity contribution in [2.24, 2.45) is 0 Å². The van der Waals surface area contributed by atoms with Crippen LogP contribution in [0.3, 0.4) is 0 Å². The van der Waals surface area contributed by atoms with E-state index in [2.05, 4.69) is 7.11 Å². The van der Waals surface area contributed by atoms with Gasteiger partial charge in [0.05, 0.1) is 38.1 Å². The van der Waals surface area contributed by atoms with Gasteiger partial charge in [-0.2, -0.15) is 4.57 Å². The molecule has 3 aromatic carbocycles. The second-order valence-corrected chi connectivity index (χ2v) is 14.6. The van der Waals surface area contributed by atoms with Crippen molar-refractivity contribution in [3.05, 3.63) is 85.1 Å². The number of nitrogens with zero attached hydrogens (tertiary/aromatic N) is 7. The number of carbonyl (C=O) groups is 4. The Kier molecular flexibility index (Phi) is 18.8. The standard InChI is InChI=1S/C40H52BN7O10.Eu/c1-42(37(49)25-44-13-15-45(26-38(50)51)17-19-47(28-40(54)55)20-18-46(16-14-44)27-39(52)53)22-29-11-12-36-32(21-29)31-8-5-4-7-30(31)23-48(36)35-10-6-9-34(41(56)57)33(35)24-43(2)58-3;/h4-12,21,23,56-57H,3,13-20,22,24-28H2,1-2H3,(H,50,51)(H,52,53)(H,54,55);. The number of fused-ring (bicyclic) bond motifs is 3. The summed E-state index contributed by atoms with van der Waals surface area (Å²) in [4.78, 5) is 62.6. The van der Waals surface area contributed by atoms with Crippen molar-refractivity contribution in [3.8, 4) is 5.69 Å². The van der Waals surface area contributed by atoms with Crippen molar-refractivity contribution in [3.63, 3.8) is 0 Å². The smallest absolute Gasteiger partial charge is 0.480 e. The molecule has 1 amide bonds. The van der Waals surface area contributed by atoms with Crippen LogP contribution in [0.4, 0.5) is 0 Å². The Labute approximate surface area is 384 Å². The minimum absolute atomic E-state index is 0. The first-order valence-electron chi connectivity index (χ1n) is 19.0. The number of aromatic nitrogens is 1. The van der Waals surface area contributed by atoms with Crippen molar-refractivity contribution in [2.45, 2.75) is 13.1 Å². The molecule has 0 unspecified atom stereocenters. The molecule has 0 aliphatic carbocycles. The van der Waals surface area contributed by atoms with Gasteiger partial charge < -0.3 is 35.1 Å². The van der Waals surface area contributed by atoms with E-state index in [1.165, 1.54) is 5.06 Å². The van der Waals surface area contributed by atoms with Crippen molar-refractivity contribution in [1.82, 2.24) is 29.6 Å². The third kappa shape index (κ3) is 13.8. The average molecular weight is 954 g/mol. The maximum Gasteiger partial charge on any atom is 0.489 e. The Balaban J connectivity index is 0.00000769. The molecule has 0 spiro atoms. The van der Waals surface area contributed by atoms with Crippen LogP contribution in [0, 0.1) is 56.5 Å². The Morgan fingerprint density at radius 3 is 1.75 bits per heavy atom. The number of hydroxylamine groups is 2. The van der Waals surface area contributed by atoms with Crippen LogP contribution in [0.1, 0.15) is 11.1 Å². The van der Waals surface area contributed by atoms with Crippen LogP contribution >= 0.6 is 0 Å². The molecule has 59 heavy (non-hydrogen) atoms. The monoisotopic (exact) mass is 954 g/mol. The maximum atomic E-state index is 13.9. The van der Waals surface area contributed by atoms with E-state index < -0.39 is 25.0 Å². The maximum absolute atomic E-state index is 13.9. The number of hydrogen-bond acceptors (Lipinski definition) is 12. The Hall–Kier alpha value is -3.46. The van der Waals surface area contributed by atoms with E-state index in [4.69, 9.17) is 4.84 Å². The quantitative estimate of drug-likeness (QED) is 0.0337. The molecule has 1 aliphatic rings. The number of aliphatic carboxylic acids is 3. The molecular weight excluding hydrogens is 901 g/mol. The van der Waals surface area contributed by atoms with Crippen LogP contribution < -0.4 is 10.0 Å². The number of benzene rings is 3. The van der Waals surface area contributed by atoms with E-state index >= 15 is 0 Å². The fourth-order valence-corrected chi connectivity index (χ4v) is 7.33. The van der Waals surface area contributed by atoms with Crippen molar-refractivity contribution < 1.29 is 103 Å². The summed E-state index contributed by atoms with van der Waals surface area (Å²) in [6.45, 7) is 2.19. The van der Waals surface area contributed by atoms with Crippen LogP contribution in [-0.2, 0) is 37.1 Å². The summed E-state index contributed by atoms with van der Waals surface area (Å²) < 4.78 is 2.01. The zero-order valence-corrected chi connectivity index (χ0v) is 35.7. The first-order valence-corrected chi connectivity index (χ1v) is 19.0. The van der Waals surface area contributed by atoms with Gasteiger partial charge in [0.15, 0.2) is 6.20 Å². The summed E-state index contributed by atoms with van der Waals surface area (Å²) in [7, 11) is 5.19. The molecule has 19 heteroatoms. The number of likely N-dealkylation sites (N-methyl/N-ethyl adjacent to an activating group) is 1. The molecule has 1 aromatic heterocycles. The SMILES string of the molecule is [CH2-]ON(C)Cc1c(B(O)O)cccc1-[n+]1cc2ccccc2c2cc(CN(C)C(=O)CN3CCN(CC(=O)O)CCN(CC(=O)O)CCN(CC(=O)O)CC3)ccc21.[Eu]. The molecule has 17 nitrogen and oxygen atoms in total. The average Bonchev–Trinajstić information content (AvgIpc) is 3.17. The summed E-state index contributed by atoms with van der Waals surface area (Å²) in [5, 5.41) is 53.5. The van der Waals surface area contributed by atoms with Crippen LogP contribution in [0.25, 0.3) is 27.4 Å². The molecule has 317 valence electrons. The number of carboxylic acid groups (broad SMARTS) is 3. The number of carboxylic acids is 3. The van der Waals surface area contributed by atoms with E-state index in [1.807, 2.05) is 64.2 Å². The number of amides is 1. The van der Waals surface area contributed by atoms with Gasteiger partial charge in [-0.25, -0.2) is 12.2 Å². The summed E-state index contributed by atoms with van der Waals surface area (Å²) in [6.07, 6.45) is 2.00. The van der Waals surface area contributed by atoms with Gasteiger partial charge in [-0.05, 0) is 23.2 Å². The summed E-state index contributed by atoms with van der Waals surface area (Å²) in [5.74, 6) is -3.24. The van der Waals surface area contributed by atoms with Gasteiger partial charge in [0.25, 0.3) is 0 Å². The first-order chi connectivity index (χ1) is 27.7. The molecular formula is C40H52BEuN7O10. The molecule has 1 fully saturated rings. The van der Waals surface area contributed by atoms with Crippen molar-refractivity contribution >= 4 is 58.1 Å². The Morgan fingerprint density at radius 2 is 1.24 bits per heavy atom. The molecule has 0 bridgehead atoms. The van der Waals surface area contributed by atoms with Gasteiger partial charge >= 0.3 is 25.0 Å². The molecule has 0 atom stereocenters. The van der Waals surface area contributed by atoms with Gasteiger partial charge in [-0.15, -0.1) is 0 Å². The number of rotatable bonds is 15. The molecule has 2 heterocycles. The van der Waals surface area contributed by atoms with Gasteiger partial charge in [0.2, 0.25) is 17.1 Å². The summed E-state index contributed by atoms with van der Waals surface area (Å²) in [5.41, 5.74) is 3.41. The fraction of sp³-hybridized carbons (Fsp3) is 0.400. The van der Waals surface area contributed by atoms with E-state index in [9.17, 15) is 44.5 Å². The van der Waals surface area contributed by atoms with Crippen LogP contribution in [0.2, 0.25) is 0 Å². The van der Waals surface area contributed by atoms with Crippen molar-refractivity contribution in [1.29, 1.82) is 0 Å². The Bertz CT molecular complexity index is 2060. The van der Waals surface area contributed by atoms with Crippen LogP contribution in [-0.4, -0.2) is 178 Å². The third-order valence-corrected chi connectivity index (χ3v) is 10.4. The zero-order valence-electron chi connectivity index (χ0n) is 33.3. The van der Waals surface area contributed by atoms with E-state index in [1.54, 1.807) is 45.8 Å². The van der Waals surface area contributed by atoms with Crippen LogP contribution in [0.5, 0.6) is 0 Å². The van der Waals surface area contributed by atoms with Crippen LogP contribution in [0.15, 0.2) is 66.9 Å².